The van der Waals surface area contributed by atoms with Gasteiger partial charge in [-0.3, -0.25) is 9.79 Å². The molecule has 0 spiro atoms. The van der Waals surface area contributed by atoms with Crippen LogP contribution in [0.1, 0.15) is 194 Å². The Morgan fingerprint density at radius 3 is 1.24 bits per heavy atom. The van der Waals surface area contributed by atoms with Crippen LogP contribution < -0.4 is 0 Å². The minimum absolute atomic E-state index is 0.0973. The van der Waals surface area contributed by atoms with Crippen LogP contribution in [0.4, 0.5) is 0 Å². The van der Waals surface area contributed by atoms with E-state index in [1.165, 1.54) is 154 Å². The van der Waals surface area contributed by atoms with E-state index < -0.39 is 5.97 Å². The summed E-state index contributed by atoms with van der Waals surface area (Å²) in [4.78, 5) is 15.6. The number of hydrogen-bond donors (Lipinski definition) is 1. The number of hydrogen-bond acceptors (Lipinski definition) is 2. The fourth-order valence-corrected chi connectivity index (χ4v) is 5.94. The Kier molecular flexibility index (Phi) is 35.0. The molecule has 3 nitrogen and oxygen atoms in total. The molecule has 0 aromatic rings. The largest absolute Gasteiger partial charge is 0.481 e. The van der Waals surface area contributed by atoms with Crippen molar-refractivity contribution >= 4 is 11.7 Å². The second-order valence-corrected chi connectivity index (χ2v) is 13.2. The van der Waals surface area contributed by atoms with Gasteiger partial charge in [0.1, 0.15) is 0 Å². The van der Waals surface area contributed by atoms with E-state index in [2.05, 4.69) is 67.4 Å². The summed E-state index contributed by atoms with van der Waals surface area (Å²) < 4.78 is 0. The maximum Gasteiger partial charge on any atom is 0.309 e. The summed E-state index contributed by atoms with van der Waals surface area (Å²) in [6, 6.07) is 0. The van der Waals surface area contributed by atoms with E-state index in [4.69, 9.17) is 0 Å². The first-order valence-corrected chi connectivity index (χ1v) is 19.4. The van der Waals surface area contributed by atoms with Gasteiger partial charge in [-0.25, -0.2) is 0 Å². The smallest absolute Gasteiger partial charge is 0.309 e. The number of carboxylic acids is 1. The van der Waals surface area contributed by atoms with Crippen LogP contribution >= 0.6 is 0 Å². The molecule has 0 saturated carbocycles. The Hall–Kier alpha value is -1.90. The minimum atomic E-state index is -0.753. The molecule has 0 amide bonds. The van der Waals surface area contributed by atoms with Crippen LogP contribution in [0.3, 0.4) is 0 Å². The number of allylic oxidation sites excluding steroid dienone is 8. The van der Waals surface area contributed by atoms with Crippen LogP contribution in [0, 0.1) is 5.92 Å². The van der Waals surface area contributed by atoms with E-state index in [0.29, 0.717) is 5.92 Å². The lowest BCUT2D eigenvalue weighted by atomic mass is 9.89. The van der Waals surface area contributed by atoms with Crippen LogP contribution in [0.2, 0.25) is 0 Å². The Morgan fingerprint density at radius 1 is 0.533 bits per heavy atom. The summed E-state index contributed by atoms with van der Waals surface area (Å²) in [5, 5.41) is 9.28. The van der Waals surface area contributed by atoms with Gasteiger partial charge in [0.15, 0.2) is 0 Å². The number of carbonyl (C=O) groups is 1. The zero-order valence-corrected chi connectivity index (χ0v) is 30.3. The van der Waals surface area contributed by atoms with Crippen molar-refractivity contribution in [3.8, 4) is 0 Å². The van der Waals surface area contributed by atoms with Gasteiger partial charge in [-0.05, 0) is 76.5 Å². The van der Waals surface area contributed by atoms with Crippen molar-refractivity contribution in [3.63, 3.8) is 0 Å². The second-order valence-electron chi connectivity index (χ2n) is 13.2. The molecular formula is C42H75NO2. The normalized spacial score (nSPS) is 13.4. The number of unbranched alkanes of at least 4 members (excludes halogenated alkanes) is 18. The lowest BCUT2D eigenvalue weighted by Crippen LogP contribution is -2.13. The van der Waals surface area contributed by atoms with Gasteiger partial charge in [0.05, 0.1) is 6.42 Å². The highest BCUT2D eigenvalue weighted by Gasteiger charge is 2.14. The van der Waals surface area contributed by atoms with Crippen molar-refractivity contribution in [1.29, 1.82) is 0 Å². The first-order valence-electron chi connectivity index (χ1n) is 19.4. The second kappa shape index (κ2) is 36.6. The van der Waals surface area contributed by atoms with E-state index in [1.807, 2.05) is 0 Å². The molecule has 3 heteroatoms. The van der Waals surface area contributed by atoms with Crippen LogP contribution in [-0.4, -0.2) is 23.8 Å². The zero-order chi connectivity index (χ0) is 32.9. The monoisotopic (exact) mass is 626 g/mol. The van der Waals surface area contributed by atoms with E-state index in [-0.39, 0.29) is 6.42 Å². The Bertz CT molecular complexity index is 776. The standard InChI is InChI=1S/C42H75NO2/c1-4-6-8-10-12-14-16-18-20-21-23-25-27-29-31-33-35-37-40(38-41(43-3)39-42(44)45)36-34-32-30-28-26-24-22-19-17-15-13-11-9-7-5-2/h12-15,18-20,22,40H,4-11,16-17,21,23-39H2,1-3H3,(H,44,45)/b14-12-,15-13-,20-18-,22-19-,43-41-. The van der Waals surface area contributed by atoms with Gasteiger partial charge < -0.3 is 5.11 Å². The Labute approximate surface area is 281 Å². The molecule has 0 fully saturated rings. The molecule has 0 aliphatic carbocycles. The molecule has 0 bridgehead atoms. The van der Waals surface area contributed by atoms with Gasteiger partial charge in [-0.15, -0.1) is 0 Å². The summed E-state index contributed by atoms with van der Waals surface area (Å²) in [5.41, 5.74) is 0.868. The Balaban J connectivity index is 4.01. The summed E-state index contributed by atoms with van der Waals surface area (Å²) in [5.74, 6) is -0.171. The molecule has 1 N–H and O–H groups in total. The summed E-state index contributed by atoms with van der Waals surface area (Å²) in [7, 11) is 1.76. The van der Waals surface area contributed by atoms with Crippen molar-refractivity contribution in [3.05, 3.63) is 48.6 Å². The lowest BCUT2D eigenvalue weighted by Gasteiger charge is -2.18. The van der Waals surface area contributed by atoms with Crippen molar-refractivity contribution in [2.45, 2.75) is 194 Å². The molecular weight excluding hydrogens is 550 g/mol. The van der Waals surface area contributed by atoms with Gasteiger partial charge in [-0.1, -0.05) is 165 Å². The van der Waals surface area contributed by atoms with Crippen LogP contribution in [0.15, 0.2) is 53.6 Å². The van der Waals surface area contributed by atoms with E-state index in [0.717, 1.165) is 25.0 Å². The summed E-state index contributed by atoms with van der Waals surface area (Å²) in [6.45, 7) is 4.52. The minimum Gasteiger partial charge on any atom is -0.481 e. The first kappa shape index (κ1) is 43.1. The first-order chi connectivity index (χ1) is 22.1. The number of aliphatic imine (C=N–C) groups is 1. The fraction of sp³-hybridized carbons (Fsp3) is 0.762. The third-order valence-electron chi connectivity index (χ3n) is 8.82. The highest BCUT2D eigenvalue weighted by molar-refractivity contribution is 5.98. The maximum absolute atomic E-state index is 11.3. The molecule has 260 valence electrons. The molecule has 0 aliphatic heterocycles. The van der Waals surface area contributed by atoms with Gasteiger partial charge in [-0.2, -0.15) is 0 Å². The maximum atomic E-state index is 11.3. The molecule has 1 atom stereocenters. The number of rotatable bonds is 34. The van der Waals surface area contributed by atoms with Crippen molar-refractivity contribution in [1.82, 2.24) is 0 Å². The molecule has 1 unspecified atom stereocenters. The highest BCUT2D eigenvalue weighted by atomic mass is 16.4. The zero-order valence-electron chi connectivity index (χ0n) is 30.3. The van der Waals surface area contributed by atoms with E-state index in [1.54, 1.807) is 7.05 Å². The van der Waals surface area contributed by atoms with Crippen LogP contribution in [0.5, 0.6) is 0 Å². The van der Waals surface area contributed by atoms with Gasteiger partial charge in [0.2, 0.25) is 0 Å². The van der Waals surface area contributed by atoms with Gasteiger partial charge in [0, 0.05) is 12.8 Å². The number of carboxylic acid groups (broad SMARTS) is 1. The average molecular weight is 626 g/mol. The molecule has 0 heterocycles. The lowest BCUT2D eigenvalue weighted by molar-refractivity contribution is -0.135. The third-order valence-corrected chi connectivity index (χ3v) is 8.82. The summed E-state index contributed by atoms with van der Waals surface area (Å²) >= 11 is 0. The fourth-order valence-electron chi connectivity index (χ4n) is 5.94. The Morgan fingerprint density at radius 2 is 0.889 bits per heavy atom. The van der Waals surface area contributed by atoms with Gasteiger partial charge >= 0.3 is 5.97 Å². The predicted octanol–water partition coefficient (Wildman–Crippen LogP) is 13.9. The van der Waals surface area contributed by atoms with E-state index in [9.17, 15) is 9.90 Å². The van der Waals surface area contributed by atoms with Gasteiger partial charge in [0.25, 0.3) is 0 Å². The van der Waals surface area contributed by atoms with Crippen molar-refractivity contribution in [2.75, 3.05) is 7.05 Å². The summed E-state index contributed by atoms with van der Waals surface area (Å²) in [6.07, 6.45) is 52.8. The van der Waals surface area contributed by atoms with E-state index >= 15 is 0 Å². The SMILES string of the molecule is CCCCC/C=C\C/C=C\CCCCCCCCCC(CCCCCCC/C=C\C/C=C\CCCCC)C/C(CC(=O)O)=N/C. The topological polar surface area (TPSA) is 49.7 Å². The molecule has 0 aliphatic rings. The van der Waals surface area contributed by atoms with Crippen molar-refractivity contribution < 1.29 is 9.90 Å². The average Bonchev–Trinajstić information content (AvgIpc) is 3.03. The molecule has 45 heavy (non-hydrogen) atoms. The molecule has 0 radical (unpaired) electrons. The number of aliphatic carboxylic acids is 1. The molecule has 0 aromatic carbocycles. The van der Waals surface area contributed by atoms with Crippen LogP contribution in [-0.2, 0) is 4.79 Å². The number of nitrogens with zero attached hydrogens (tertiary/aromatic N) is 1. The van der Waals surface area contributed by atoms with Crippen molar-refractivity contribution in [2.24, 2.45) is 10.9 Å². The third kappa shape index (κ3) is 34.8. The molecule has 0 rings (SSSR count). The molecule has 0 saturated heterocycles. The molecule has 0 aromatic heterocycles. The predicted molar refractivity (Wildman–Crippen MR) is 202 cm³/mol. The highest BCUT2D eigenvalue weighted by Crippen LogP contribution is 2.23. The van der Waals surface area contributed by atoms with Crippen LogP contribution in [0.25, 0.3) is 0 Å². The quantitative estimate of drug-likeness (QED) is 0.0439.